The van der Waals surface area contributed by atoms with Crippen molar-refractivity contribution in [1.29, 1.82) is 0 Å². The van der Waals surface area contributed by atoms with E-state index >= 15 is 0 Å². The number of benzene rings is 3. The van der Waals surface area contributed by atoms with Crippen molar-refractivity contribution in [3.05, 3.63) is 101 Å². The van der Waals surface area contributed by atoms with Gasteiger partial charge in [-0.25, -0.2) is 0 Å². The molecule has 0 bridgehead atoms. The molecule has 5 heteroatoms. The van der Waals surface area contributed by atoms with Crippen LogP contribution in [0.5, 0.6) is 5.75 Å². The molecule has 34 heavy (non-hydrogen) atoms. The van der Waals surface area contributed by atoms with Gasteiger partial charge in [0.1, 0.15) is 5.75 Å². The van der Waals surface area contributed by atoms with Crippen LogP contribution < -0.4 is 10.1 Å². The number of nitrogens with zero attached hydrogens (tertiary/aromatic N) is 1. The highest BCUT2D eigenvalue weighted by Gasteiger charge is 2.26. The van der Waals surface area contributed by atoms with Crippen LogP contribution in [0, 0.1) is 0 Å². The van der Waals surface area contributed by atoms with Gasteiger partial charge in [0.05, 0.1) is 7.11 Å². The second-order valence-electron chi connectivity index (χ2n) is 8.80. The first-order valence-corrected chi connectivity index (χ1v) is 12.0. The smallest absolute Gasteiger partial charge is 0.253 e. The number of likely N-dealkylation sites (tertiary alicyclic amines) is 1. The van der Waals surface area contributed by atoms with Crippen LogP contribution in [0.3, 0.4) is 0 Å². The van der Waals surface area contributed by atoms with Gasteiger partial charge in [-0.1, -0.05) is 43.3 Å². The van der Waals surface area contributed by atoms with Crippen molar-refractivity contribution < 1.29 is 14.3 Å². The zero-order valence-electron chi connectivity index (χ0n) is 19.9. The average Bonchev–Trinajstić information content (AvgIpc) is 2.91. The van der Waals surface area contributed by atoms with Crippen molar-refractivity contribution in [2.75, 3.05) is 20.2 Å². The number of amides is 2. The van der Waals surface area contributed by atoms with Gasteiger partial charge in [-0.2, -0.15) is 0 Å². The molecule has 1 heterocycles. The van der Waals surface area contributed by atoms with E-state index in [9.17, 15) is 9.59 Å². The second kappa shape index (κ2) is 11.0. The normalized spacial score (nSPS) is 15.6. The Hall–Kier alpha value is -3.60. The molecule has 1 N–H and O–H groups in total. The summed E-state index contributed by atoms with van der Waals surface area (Å²) in [5, 5.41) is 3.00. The molecule has 5 nitrogen and oxygen atoms in total. The van der Waals surface area contributed by atoms with Gasteiger partial charge in [-0.15, -0.1) is 0 Å². The maximum Gasteiger partial charge on any atom is 0.253 e. The summed E-state index contributed by atoms with van der Waals surface area (Å²) in [6.45, 7) is 4.01. The van der Waals surface area contributed by atoms with E-state index < -0.39 is 0 Å². The molecule has 1 aliphatic rings. The lowest BCUT2D eigenvalue weighted by Gasteiger charge is -2.33. The Morgan fingerprint density at radius 3 is 2.41 bits per heavy atom. The van der Waals surface area contributed by atoms with E-state index in [2.05, 4.69) is 18.3 Å². The number of rotatable bonds is 7. The Morgan fingerprint density at radius 2 is 1.71 bits per heavy atom. The van der Waals surface area contributed by atoms with E-state index in [1.54, 1.807) is 7.11 Å². The Balaban J connectivity index is 1.39. The standard InChI is InChI=1S/C29H32N2O3/c1-3-21-9-13-23(14-10-21)29(33)31-17-5-8-26(20-31)24-6-4-7-25(18-24)28(32)30-19-22-11-15-27(34-2)16-12-22/h4,6-7,9-16,18,26H,3,5,8,17,19-20H2,1-2H3,(H,30,32). The zero-order valence-corrected chi connectivity index (χ0v) is 19.9. The fourth-order valence-corrected chi connectivity index (χ4v) is 4.46. The number of hydrogen-bond acceptors (Lipinski definition) is 3. The van der Waals surface area contributed by atoms with E-state index in [0.29, 0.717) is 18.7 Å². The second-order valence-corrected chi connectivity index (χ2v) is 8.80. The molecular weight excluding hydrogens is 424 g/mol. The molecule has 176 valence electrons. The summed E-state index contributed by atoms with van der Waals surface area (Å²) < 4.78 is 5.18. The molecule has 2 amide bonds. The zero-order chi connectivity index (χ0) is 23.9. The van der Waals surface area contributed by atoms with Gasteiger partial charge in [-0.3, -0.25) is 9.59 Å². The summed E-state index contributed by atoms with van der Waals surface area (Å²) in [6, 6.07) is 23.4. The molecule has 1 fully saturated rings. The maximum atomic E-state index is 13.1. The van der Waals surface area contributed by atoms with Crippen LogP contribution in [0.4, 0.5) is 0 Å². The highest BCUT2D eigenvalue weighted by molar-refractivity contribution is 5.95. The number of carbonyl (C=O) groups excluding carboxylic acids is 2. The highest BCUT2D eigenvalue weighted by atomic mass is 16.5. The molecule has 1 unspecified atom stereocenters. The van der Waals surface area contributed by atoms with Crippen molar-refractivity contribution in [3.8, 4) is 5.75 Å². The van der Waals surface area contributed by atoms with Crippen molar-refractivity contribution in [2.24, 2.45) is 0 Å². The van der Waals surface area contributed by atoms with E-state index in [4.69, 9.17) is 4.74 Å². The number of nitrogens with one attached hydrogen (secondary N) is 1. The lowest BCUT2D eigenvalue weighted by Crippen LogP contribution is -2.39. The minimum atomic E-state index is -0.0996. The first kappa shape index (κ1) is 23.6. The number of ether oxygens (including phenoxy) is 1. The third-order valence-corrected chi connectivity index (χ3v) is 6.55. The third-order valence-electron chi connectivity index (χ3n) is 6.55. The van der Waals surface area contributed by atoms with E-state index in [1.807, 2.05) is 71.6 Å². The Morgan fingerprint density at radius 1 is 0.971 bits per heavy atom. The van der Waals surface area contributed by atoms with Crippen LogP contribution >= 0.6 is 0 Å². The lowest BCUT2D eigenvalue weighted by atomic mass is 9.89. The first-order valence-electron chi connectivity index (χ1n) is 12.0. The fourth-order valence-electron chi connectivity index (χ4n) is 4.46. The van der Waals surface area contributed by atoms with Gasteiger partial charge in [-0.05, 0) is 72.4 Å². The van der Waals surface area contributed by atoms with E-state index in [-0.39, 0.29) is 17.7 Å². The quantitative estimate of drug-likeness (QED) is 0.531. The van der Waals surface area contributed by atoms with Gasteiger partial charge in [0, 0.05) is 36.7 Å². The van der Waals surface area contributed by atoms with Gasteiger partial charge in [0.15, 0.2) is 0 Å². The number of carbonyl (C=O) groups is 2. The Bertz CT molecular complexity index is 1120. The molecular formula is C29H32N2O3. The molecule has 0 radical (unpaired) electrons. The molecule has 1 aliphatic heterocycles. The number of hydrogen-bond donors (Lipinski definition) is 1. The molecule has 3 aromatic rings. The topological polar surface area (TPSA) is 58.6 Å². The van der Waals surface area contributed by atoms with Crippen LogP contribution in [0.1, 0.15) is 63.1 Å². The van der Waals surface area contributed by atoms with E-state index in [1.165, 1.54) is 5.56 Å². The SMILES string of the molecule is CCc1ccc(C(=O)N2CCCC(c3cccc(C(=O)NCc4ccc(OC)cc4)c3)C2)cc1. The number of methoxy groups -OCH3 is 1. The molecule has 1 saturated heterocycles. The summed E-state index contributed by atoms with van der Waals surface area (Å²) in [4.78, 5) is 27.8. The van der Waals surface area contributed by atoms with Crippen molar-refractivity contribution in [1.82, 2.24) is 10.2 Å². The minimum absolute atomic E-state index is 0.0840. The summed E-state index contributed by atoms with van der Waals surface area (Å²) in [5.74, 6) is 1.00. The van der Waals surface area contributed by atoms with Crippen LogP contribution in [0.2, 0.25) is 0 Å². The largest absolute Gasteiger partial charge is 0.497 e. The van der Waals surface area contributed by atoms with Gasteiger partial charge in [0.25, 0.3) is 11.8 Å². The van der Waals surface area contributed by atoms with Crippen LogP contribution in [-0.4, -0.2) is 36.9 Å². The maximum absolute atomic E-state index is 13.1. The Kier molecular flexibility index (Phi) is 7.63. The number of aryl methyl sites for hydroxylation is 1. The molecule has 4 rings (SSSR count). The average molecular weight is 457 g/mol. The van der Waals surface area contributed by atoms with E-state index in [0.717, 1.165) is 48.2 Å². The predicted molar refractivity (Wildman–Crippen MR) is 134 cm³/mol. The molecule has 1 atom stereocenters. The van der Waals surface area contributed by atoms with Crippen molar-refractivity contribution in [2.45, 2.75) is 38.6 Å². The molecule has 0 aliphatic carbocycles. The summed E-state index contributed by atoms with van der Waals surface area (Å²) in [7, 11) is 1.63. The summed E-state index contributed by atoms with van der Waals surface area (Å²) in [6.07, 6.45) is 2.93. The van der Waals surface area contributed by atoms with Crippen LogP contribution in [-0.2, 0) is 13.0 Å². The van der Waals surface area contributed by atoms with Crippen LogP contribution in [0.25, 0.3) is 0 Å². The molecule has 0 saturated carbocycles. The summed E-state index contributed by atoms with van der Waals surface area (Å²) >= 11 is 0. The molecule has 3 aromatic carbocycles. The monoisotopic (exact) mass is 456 g/mol. The summed E-state index contributed by atoms with van der Waals surface area (Å²) in [5.41, 5.74) is 4.74. The van der Waals surface area contributed by atoms with Crippen LogP contribution in [0.15, 0.2) is 72.8 Å². The molecule has 0 spiro atoms. The number of piperidine rings is 1. The highest BCUT2D eigenvalue weighted by Crippen LogP contribution is 2.28. The predicted octanol–water partition coefficient (Wildman–Crippen LogP) is 5.21. The minimum Gasteiger partial charge on any atom is -0.497 e. The lowest BCUT2D eigenvalue weighted by molar-refractivity contribution is 0.0706. The Labute approximate surface area is 201 Å². The molecule has 0 aromatic heterocycles. The van der Waals surface area contributed by atoms with Crippen molar-refractivity contribution in [3.63, 3.8) is 0 Å². The van der Waals surface area contributed by atoms with Gasteiger partial charge >= 0.3 is 0 Å². The van der Waals surface area contributed by atoms with Gasteiger partial charge in [0.2, 0.25) is 0 Å². The van der Waals surface area contributed by atoms with Gasteiger partial charge < -0.3 is 15.0 Å². The fraction of sp³-hybridized carbons (Fsp3) is 0.310. The van der Waals surface area contributed by atoms with Crippen molar-refractivity contribution >= 4 is 11.8 Å². The first-order chi connectivity index (χ1) is 16.6. The third kappa shape index (κ3) is 5.66.